The SMILES string of the molecule is COc1cc2c(NCCC(C)(C)O)c3ccccc3nc2cc1OCCCN1CCCC1. The first kappa shape index (κ1) is 22.6. The summed E-state index contributed by atoms with van der Waals surface area (Å²) in [5.41, 5.74) is 2.08. The van der Waals surface area contributed by atoms with Crippen molar-refractivity contribution in [2.75, 3.05) is 45.2 Å². The molecule has 6 heteroatoms. The van der Waals surface area contributed by atoms with Gasteiger partial charge in [-0.3, -0.25) is 0 Å². The number of hydrogen-bond donors (Lipinski definition) is 2. The molecule has 0 spiro atoms. The lowest BCUT2D eigenvalue weighted by Crippen LogP contribution is -2.22. The van der Waals surface area contributed by atoms with E-state index in [0.29, 0.717) is 25.3 Å². The van der Waals surface area contributed by atoms with Crippen molar-refractivity contribution in [1.29, 1.82) is 0 Å². The molecule has 1 aliphatic heterocycles. The molecule has 2 aromatic carbocycles. The van der Waals surface area contributed by atoms with E-state index in [1.165, 1.54) is 25.9 Å². The lowest BCUT2D eigenvalue weighted by molar-refractivity contribution is 0.0749. The Morgan fingerprint density at radius 2 is 1.84 bits per heavy atom. The zero-order valence-corrected chi connectivity index (χ0v) is 19.5. The van der Waals surface area contributed by atoms with Gasteiger partial charge in [0.15, 0.2) is 11.5 Å². The second-order valence-corrected chi connectivity index (χ2v) is 9.26. The second kappa shape index (κ2) is 9.92. The molecule has 1 aromatic heterocycles. The molecule has 4 rings (SSSR count). The van der Waals surface area contributed by atoms with Crippen LogP contribution >= 0.6 is 0 Å². The highest BCUT2D eigenvalue weighted by atomic mass is 16.5. The van der Waals surface area contributed by atoms with Gasteiger partial charge in [0.2, 0.25) is 0 Å². The fourth-order valence-corrected chi connectivity index (χ4v) is 4.33. The average molecular weight is 438 g/mol. The Morgan fingerprint density at radius 1 is 1.06 bits per heavy atom. The normalized spacial score (nSPS) is 14.9. The summed E-state index contributed by atoms with van der Waals surface area (Å²) in [4.78, 5) is 7.39. The lowest BCUT2D eigenvalue weighted by atomic mass is 10.0. The Morgan fingerprint density at radius 3 is 2.59 bits per heavy atom. The molecule has 1 aliphatic rings. The third-order valence-electron chi connectivity index (χ3n) is 6.08. The number of fused-ring (bicyclic) bond motifs is 2. The van der Waals surface area contributed by atoms with E-state index in [-0.39, 0.29) is 0 Å². The molecule has 1 fully saturated rings. The minimum atomic E-state index is -0.723. The first-order valence-electron chi connectivity index (χ1n) is 11.7. The quantitative estimate of drug-likeness (QED) is 0.350. The average Bonchev–Trinajstić information content (AvgIpc) is 3.28. The van der Waals surface area contributed by atoms with Gasteiger partial charge in [0.1, 0.15) is 0 Å². The predicted molar refractivity (Wildman–Crippen MR) is 131 cm³/mol. The molecule has 0 aliphatic carbocycles. The van der Waals surface area contributed by atoms with Gasteiger partial charge in [0, 0.05) is 29.9 Å². The van der Waals surface area contributed by atoms with Gasteiger partial charge in [-0.15, -0.1) is 0 Å². The fourth-order valence-electron chi connectivity index (χ4n) is 4.33. The summed E-state index contributed by atoms with van der Waals surface area (Å²) in [5, 5.41) is 15.7. The summed E-state index contributed by atoms with van der Waals surface area (Å²) >= 11 is 0. The third kappa shape index (κ3) is 5.43. The largest absolute Gasteiger partial charge is 0.493 e. The Bertz CT molecular complexity index is 1060. The van der Waals surface area contributed by atoms with Crippen LogP contribution in [0.3, 0.4) is 0 Å². The molecule has 0 amide bonds. The van der Waals surface area contributed by atoms with Crippen LogP contribution in [0.1, 0.15) is 39.5 Å². The topological polar surface area (TPSA) is 66.8 Å². The van der Waals surface area contributed by atoms with Crippen molar-refractivity contribution in [1.82, 2.24) is 9.88 Å². The first-order valence-corrected chi connectivity index (χ1v) is 11.7. The Balaban J connectivity index is 1.60. The van der Waals surface area contributed by atoms with Gasteiger partial charge in [-0.2, -0.15) is 0 Å². The molecular formula is C26H35N3O3. The highest BCUT2D eigenvalue weighted by molar-refractivity contribution is 6.08. The Hall–Kier alpha value is -2.57. The molecule has 0 atom stereocenters. The number of likely N-dealkylation sites (tertiary alicyclic amines) is 1. The van der Waals surface area contributed by atoms with Crippen LogP contribution in [0.4, 0.5) is 5.69 Å². The number of methoxy groups -OCH3 is 1. The van der Waals surface area contributed by atoms with Crippen molar-refractivity contribution in [3.8, 4) is 11.5 Å². The lowest BCUT2D eigenvalue weighted by Gasteiger charge is -2.20. The van der Waals surface area contributed by atoms with Crippen molar-refractivity contribution < 1.29 is 14.6 Å². The van der Waals surface area contributed by atoms with Crippen LogP contribution in [0.15, 0.2) is 36.4 Å². The smallest absolute Gasteiger partial charge is 0.163 e. The maximum atomic E-state index is 10.1. The van der Waals surface area contributed by atoms with E-state index in [1.807, 2.05) is 44.2 Å². The van der Waals surface area contributed by atoms with E-state index in [9.17, 15) is 5.11 Å². The molecule has 1 saturated heterocycles. The maximum Gasteiger partial charge on any atom is 0.163 e. The van der Waals surface area contributed by atoms with Gasteiger partial charge >= 0.3 is 0 Å². The molecule has 0 radical (unpaired) electrons. The van der Waals surface area contributed by atoms with E-state index in [0.717, 1.165) is 46.2 Å². The summed E-state index contributed by atoms with van der Waals surface area (Å²) in [7, 11) is 1.67. The standard InChI is InChI=1S/C26H35N3O3/c1-26(2,30)11-12-27-25-19-9-4-5-10-21(19)28-22-18-24(23(31-3)17-20(22)25)32-16-8-15-29-13-6-7-14-29/h4-5,9-10,17-18,30H,6-8,11-16H2,1-3H3,(H,27,28). The van der Waals surface area contributed by atoms with Gasteiger partial charge in [-0.05, 0) is 64.8 Å². The van der Waals surface area contributed by atoms with Crippen molar-refractivity contribution in [3.05, 3.63) is 36.4 Å². The van der Waals surface area contributed by atoms with E-state index < -0.39 is 5.60 Å². The van der Waals surface area contributed by atoms with Crippen LogP contribution in [0.25, 0.3) is 21.8 Å². The molecule has 0 unspecified atom stereocenters. The van der Waals surface area contributed by atoms with Gasteiger partial charge < -0.3 is 24.8 Å². The number of benzene rings is 2. The van der Waals surface area contributed by atoms with Crippen LogP contribution in [-0.2, 0) is 0 Å². The summed E-state index contributed by atoms with van der Waals surface area (Å²) in [6.07, 6.45) is 4.26. The van der Waals surface area contributed by atoms with Crippen molar-refractivity contribution in [2.45, 2.75) is 45.1 Å². The number of aromatic nitrogens is 1. The van der Waals surface area contributed by atoms with E-state index in [1.54, 1.807) is 7.11 Å². The number of para-hydroxylation sites is 1. The second-order valence-electron chi connectivity index (χ2n) is 9.26. The number of rotatable bonds is 10. The monoisotopic (exact) mass is 437 g/mol. The van der Waals surface area contributed by atoms with Crippen LogP contribution in [0, 0.1) is 0 Å². The van der Waals surface area contributed by atoms with Crippen LogP contribution in [0.2, 0.25) is 0 Å². The van der Waals surface area contributed by atoms with Gasteiger partial charge in [0.25, 0.3) is 0 Å². The van der Waals surface area contributed by atoms with Crippen molar-refractivity contribution in [3.63, 3.8) is 0 Å². The molecule has 2 N–H and O–H groups in total. The Kier molecular flexibility index (Phi) is 7.01. The highest BCUT2D eigenvalue weighted by Crippen LogP contribution is 2.38. The number of hydrogen-bond acceptors (Lipinski definition) is 6. The summed E-state index contributed by atoms with van der Waals surface area (Å²) in [5.74, 6) is 1.44. The van der Waals surface area contributed by atoms with Gasteiger partial charge in [-0.1, -0.05) is 18.2 Å². The molecule has 0 saturated carbocycles. The minimum absolute atomic E-state index is 0.639. The van der Waals surface area contributed by atoms with Crippen LogP contribution < -0.4 is 14.8 Å². The fraction of sp³-hybridized carbons (Fsp3) is 0.500. The molecule has 32 heavy (non-hydrogen) atoms. The molecular weight excluding hydrogens is 402 g/mol. The van der Waals surface area contributed by atoms with Crippen molar-refractivity contribution >= 4 is 27.5 Å². The minimum Gasteiger partial charge on any atom is -0.493 e. The van der Waals surface area contributed by atoms with Crippen LogP contribution in [0.5, 0.6) is 11.5 Å². The molecule has 172 valence electrons. The Labute approximate surface area is 190 Å². The number of nitrogens with zero attached hydrogens (tertiary/aromatic N) is 2. The maximum absolute atomic E-state index is 10.1. The predicted octanol–water partition coefficient (Wildman–Crippen LogP) is 4.83. The van der Waals surface area contributed by atoms with Gasteiger partial charge in [0.05, 0.1) is 36.0 Å². The number of aliphatic hydroxyl groups is 1. The number of pyridine rings is 1. The summed E-state index contributed by atoms with van der Waals surface area (Å²) < 4.78 is 11.8. The van der Waals surface area contributed by atoms with E-state index in [2.05, 4.69) is 16.3 Å². The number of ether oxygens (including phenoxy) is 2. The zero-order chi connectivity index (χ0) is 22.6. The van der Waals surface area contributed by atoms with Crippen LogP contribution in [-0.4, -0.2) is 60.5 Å². The molecule has 3 aromatic rings. The first-order chi connectivity index (χ1) is 15.4. The van der Waals surface area contributed by atoms with E-state index in [4.69, 9.17) is 14.5 Å². The van der Waals surface area contributed by atoms with Crippen molar-refractivity contribution in [2.24, 2.45) is 0 Å². The highest BCUT2D eigenvalue weighted by Gasteiger charge is 2.17. The van der Waals surface area contributed by atoms with Gasteiger partial charge in [-0.25, -0.2) is 4.98 Å². The third-order valence-corrected chi connectivity index (χ3v) is 6.08. The van der Waals surface area contributed by atoms with E-state index >= 15 is 0 Å². The number of nitrogens with one attached hydrogen (secondary N) is 1. The number of anilines is 1. The molecule has 6 nitrogen and oxygen atoms in total. The molecule has 0 bridgehead atoms. The zero-order valence-electron chi connectivity index (χ0n) is 19.5. The summed E-state index contributed by atoms with van der Waals surface area (Å²) in [6.45, 7) is 8.46. The summed E-state index contributed by atoms with van der Waals surface area (Å²) in [6, 6.07) is 12.1. The molecule has 2 heterocycles.